The molecular formula is C22H22O9. The Bertz CT molecular complexity index is 1020. The highest BCUT2D eigenvalue weighted by molar-refractivity contribution is 5.83. The van der Waals surface area contributed by atoms with Crippen LogP contribution < -0.4 is 23.7 Å². The van der Waals surface area contributed by atoms with E-state index >= 15 is 0 Å². The number of aliphatic carboxylic acids is 2. The van der Waals surface area contributed by atoms with Crippen LogP contribution >= 0.6 is 0 Å². The third-order valence-corrected chi connectivity index (χ3v) is 5.85. The fraction of sp³-hybridized carbons (Fsp3) is 0.364. The Morgan fingerprint density at radius 1 is 0.903 bits per heavy atom. The Morgan fingerprint density at radius 2 is 1.52 bits per heavy atom. The average Bonchev–Trinajstić information content (AvgIpc) is 3.22. The van der Waals surface area contributed by atoms with Crippen LogP contribution in [0.15, 0.2) is 24.3 Å². The number of hydrogen-bond donors (Lipinski definition) is 2. The molecule has 3 atom stereocenters. The first-order chi connectivity index (χ1) is 14.9. The molecule has 1 aliphatic heterocycles. The fourth-order valence-electron chi connectivity index (χ4n) is 4.48. The summed E-state index contributed by atoms with van der Waals surface area (Å²) in [4.78, 5) is 24.4. The number of carboxylic acid groups (broad SMARTS) is 2. The molecule has 2 N–H and O–H groups in total. The van der Waals surface area contributed by atoms with Gasteiger partial charge in [0.25, 0.3) is 0 Å². The van der Waals surface area contributed by atoms with Crippen molar-refractivity contribution in [2.45, 2.75) is 12.3 Å². The second-order valence-corrected chi connectivity index (χ2v) is 7.35. The van der Waals surface area contributed by atoms with Gasteiger partial charge in [0.1, 0.15) is 0 Å². The molecule has 0 amide bonds. The van der Waals surface area contributed by atoms with Crippen LogP contribution in [0.1, 0.15) is 22.6 Å². The van der Waals surface area contributed by atoms with Gasteiger partial charge in [0.15, 0.2) is 23.0 Å². The minimum absolute atomic E-state index is 0.0534. The molecular weight excluding hydrogens is 408 g/mol. The normalized spacial score (nSPS) is 21.2. The van der Waals surface area contributed by atoms with Gasteiger partial charge >= 0.3 is 11.9 Å². The molecule has 0 aromatic heterocycles. The number of rotatable bonds is 6. The second-order valence-electron chi connectivity index (χ2n) is 7.35. The lowest BCUT2D eigenvalue weighted by Crippen LogP contribution is -2.40. The van der Waals surface area contributed by atoms with Crippen molar-refractivity contribution < 1.29 is 43.5 Å². The average molecular weight is 430 g/mol. The van der Waals surface area contributed by atoms with Gasteiger partial charge in [-0.3, -0.25) is 9.59 Å². The Labute approximate surface area is 178 Å². The van der Waals surface area contributed by atoms with Gasteiger partial charge in [-0.15, -0.1) is 0 Å². The summed E-state index contributed by atoms with van der Waals surface area (Å²) in [5, 5.41) is 19.9. The van der Waals surface area contributed by atoms with Crippen molar-refractivity contribution in [3.63, 3.8) is 0 Å². The van der Waals surface area contributed by atoms with E-state index in [-0.39, 0.29) is 13.2 Å². The molecule has 0 saturated carbocycles. The highest BCUT2D eigenvalue weighted by atomic mass is 16.7. The van der Waals surface area contributed by atoms with Crippen LogP contribution in [0.25, 0.3) is 0 Å². The molecule has 0 unspecified atom stereocenters. The predicted molar refractivity (Wildman–Crippen MR) is 106 cm³/mol. The van der Waals surface area contributed by atoms with E-state index in [0.717, 1.165) is 0 Å². The highest BCUT2D eigenvalue weighted by Gasteiger charge is 2.46. The topological polar surface area (TPSA) is 121 Å². The van der Waals surface area contributed by atoms with Gasteiger partial charge in [-0.05, 0) is 47.4 Å². The summed E-state index contributed by atoms with van der Waals surface area (Å²) in [6.45, 7) is 0.0534. The minimum atomic E-state index is -1.21. The zero-order valence-corrected chi connectivity index (χ0v) is 17.2. The summed E-state index contributed by atoms with van der Waals surface area (Å²) in [6, 6.07) is 6.78. The van der Waals surface area contributed by atoms with Crippen molar-refractivity contribution in [2.75, 3.05) is 28.1 Å². The summed E-state index contributed by atoms with van der Waals surface area (Å²) < 4.78 is 27.2. The monoisotopic (exact) mass is 430 g/mol. The van der Waals surface area contributed by atoms with E-state index in [4.69, 9.17) is 23.7 Å². The minimum Gasteiger partial charge on any atom is -0.493 e. The van der Waals surface area contributed by atoms with Gasteiger partial charge in [0.2, 0.25) is 12.5 Å². The SMILES string of the molecule is COc1cc([C@H]2c3cc4c(cc3C[C@@H](C(=O)O)[C@H]2C(=O)O)OCO4)cc(OC)c1OC. The Morgan fingerprint density at radius 3 is 2.03 bits per heavy atom. The summed E-state index contributed by atoms with van der Waals surface area (Å²) in [5.41, 5.74) is 1.91. The van der Waals surface area contributed by atoms with Crippen molar-refractivity contribution >= 4 is 11.9 Å². The quantitative estimate of drug-likeness (QED) is 0.712. The lowest BCUT2D eigenvalue weighted by Gasteiger charge is -2.36. The van der Waals surface area contributed by atoms with E-state index in [2.05, 4.69) is 0 Å². The highest BCUT2D eigenvalue weighted by Crippen LogP contribution is 2.50. The van der Waals surface area contributed by atoms with Crippen LogP contribution in [0.5, 0.6) is 28.7 Å². The van der Waals surface area contributed by atoms with Crippen LogP contribution in [-0.2, 0) is 16.0 Å². The van der Waals surface area contributed by atoms with Gasteiger partial charge < -0.3 is 33.9 Å². The van der Waals surface area contributed by atoms with Crippen LogP contribution in [0.2, 0.25) is 0 Å². The van der Waals surface area contributed by atoms with Crippen LogP contribution in [0.3, 0.4) is 0 Å². The molecule has 0 radical (unpaired) electrons. The molecule has 0 fully saturated rings. The predicted octanol–water partition coefficient (Wildman–Crippen LogP) is 2.53. The standard InChI is InChI=1S/C22H22O9/c1-27-16-6-11(7-17(28-2)20(16)29-3)18-12-8-15-14(30-9-31-15)5-10(12)4-13(21(23)24)19(18)22(25)26/h5-8,13,18-19H,4,9H2,1-3H3,(H,23,24)(H,25,26)/t13-,18+,19-/m1/s1. The molecule has 1 heterocycles. The van der Waals surface area contributed by atoms with E-state index < -0.39 is 29.7 Å². The molecule has 2 aromatic rings. The molecule has 31 heavy (non-hydrogen) atoms. The van der Waals surface area contributed by atoms with Crippen molar-refractivity contribution in [3.05, 3.63) is 41.0 Å². The Balaban J connectivity index is 1.98. The van der Waals surface area contributed by atoms with Gasteiger partial charge in [-0.25, -0.2) is 0 Å². The first-order valence-corrected chi connectivity index (χ1v) is 9.57. The number of carbonyl (C=O) groups is 2. The first kappa shape index (κ1) is 20.6. The first-order valence-electron chi connectivity index (χ1n) is 9.57. The third kappa shape index (κ3) is 3.35. The zero-order chi connectivity index (χ0) is 22.3. The van der Waals surface area contributed by atoms with Crippen molar-refractivity contribution in [2.24, 2.45) is 11.8 Å². The molecule has 9 nitrogen and oxygen atoms in total. The van der Waals surface area contributed by atoms with E-state index in [1.807, 2.05) is 0 Å². The summed E-state index contributed by atoms with van der Waals surface area (Å²) in [6.07, 6.45) is 0.0686. The molecule has 1 aliphatic carbocycles. The van der Waals surface area contributed by atoms with E-state index in [0.29, 0.717) is 45.4 Å². The van der Waals surface area contributed by atoms with E-state index in [1.54, 1.807) is 24.3 Å². The van der Waals surface area contributed by atoms with Crippen LogP contribution in [0.4, 0.5) is 0 Å². The van der Waals surface area contributed by atoms with Crippen molar-refractivity contribution in [1.82, 2.24) is 0 Å². The molecule has 4 rings (SSSR count). The van der Waals surface area contributed by atoms with Gasteiger partial charge in [-0.2, -0.15) is 0 Å². The van der Waals surface area contributed by atoms with E-state index in [9.17, 15) is 19.8 Å². The molecule has 0 spiro atoms. The van der Waals surface area contributed by atoms with Crippen molar-refractivity contribution in [3.8, 4) is 28.7 Å². The Kier molecular flexibility index (Phi) is 5.26. The molecule has 2 aromatic carbocycles. The largest absolute Gasteiger partial charge is 0.493 e. The summed E-state index contributed by atoms with van der Waals surface area (Å²) in [7, 11) is 4.39. The molecule has 0 bridgehead atoms. The molecule has 2 aliphatic rings. The molecule has 164 valence electrons. The molecule has 0 saturated heterocycles. The zero-order valence-electron chi connectivity index (χ0n) is 17.2. The van der Waals surface area contributed by atoms with E-state index in [1.165, 1.54) is 21.3 Å². The van der Waals surface area contributed by atoms with Crippen LogP contribution in [-0.4, -0.2) is 50.3 Å². The van der Waals surface area contributed by atoms with Gasteiger partial charge in [-0.1, -0.05) is 0 Å². The summed E-state index contributed by atoms with van der Waals surface area (Å²) >= 11 is 0. The lowest BCUT2D eigenvalue weighted by atomic mass is 9.66. The number of benzene rings is 2. The second kappa shape index (κ2) is 7.90. The number of hydrogen-bond acceptors (Lipinski definition) is 7. The van der Waals surface area contributed by atoms with Crippen LogP contribution in [0, 0.1) is 11.8 Å². The maximum Gasteiger partial charge on any atom is 0.308 e. The third-order valence-electron chi connectivity index (χ3n) is 5.85. The number of methoxy groups -OCH3 is 3. The fourth-order valence-corrected chi connectivity index (χ4v) is 4.48. The Hall–Kier alpha value is -3.62. The van der Waals surface area contributed by atoms with Gasteiger partial charge in [0.05, 0.1) is 33.2 Å². The lowest BCUT2D eigenvalue weighted by molar-refractivity contribution is -0.154. The number of fused-ring (bicyclic) bond motifs is 2. The number of ether oxygens (including phenoxy) is 5. The summed E-state index contributed by atoms with van der Waals surface area (Å²) in [5.74, 6) is -3.44. The maximum absolute atomic E-state index is 12.3. The molecule has 9 heteroatoms. The van der Waals surface area contributed by atoms with Gasteiger partial charge in [0, 0.05) is 5.92 Å². The maximum atomic E-state index is 12.3. The smallest absolute Gasteiger partial charge is 0.308 e. The number of carboxylic acids is 2. The van der Waals surface area contributed by atoms with Crippen molar-refractivity contribution in [1.29, 1.82) is 0 Å².